The summed E-state index contributed by atoms with van der Waals surface area (Å²) in [6.45, 7) is 1.90. The monoisotopic (exact) mass is 318 g/mol. The molecular formula is C17H16F2N2O2. The summed E-state index contributed by atoms with van der Waals surface area (Å²) < 4.78 is 26.5. The van der Waals surface area contributed by atoms with E-state index in [1.54, 1.807) is 6.07 Å². The maximum Gasteiger partial charge on any atom is 0.254 e. The van der Waals surface area contributed by atoms with Crippen molar-refractivity contribution >= 4 is 11.8 Å². The van der Waals surface area contributed by atoms with E-state index in [0.717, 1.165) is 23.3 Å². The number of halogens is 2. The number of benzene rings is 2. The van der Waals surface area contributed by atoms with E-state index in [1.165, 1.54) is 0 Å². The number of hydrogen-bond donors (Lipinski definition) is 2. The van der Waals surface area contributed by atoms with Gasteiger partial charge in [-0.1, -0.05) is 29.8 Å². The van der Waals surface area contributed by atoms with Crippen LogP contribution in [0.5, 0.6) is 0 Å². The number of amides is 2. The highest BCUT2D eigenvalue weighted by molar-refractivity contribution is 5.97. The van der Waals surface area contributed by atoms with Gasteiger partial charge in [0.25, 0.3) is 5.91 Å². The third-order valence-electron chi connectivity index (χ3n) is 3.35. The fraction of sp³-hybridized carbons (Fsp3) is 0.176. The van der Waals surface area contributed by atoms with Crippen molar-refractivity contribution in [1.29, 1.82) is 0 Å². The molecule has 0 bridgehead atoms. The molecule has 0 saturated carbocycles. The summed E-state index contributed by atoms with van der Waals surface area (Å²) in [5, 5.41) is 2.39. The van der Waals surface area contributed by atoms with Gasteiger partial charge in [0.05, 0.1) is 5.56 Å². The summed E-state index contributed by atoms with van der Waals surface area (Å²) in [6, 6.07) is 8.99. The standard InChI is InChI=1S/C17H16F2N2O2/c1-10-3-2-4-11(7-10)8-15(16(20)22)21-17(23)13-6-5-12(18)9-14(13)19/h2-7,9,15H,8H2,1H3,(H2,20,22)(H,21,23)/t15-/m1/s1. The van der Waals surface area contributed by atoms with Gasteiger partial charge in [-0.25, -0.2) is 8.78 Å². The minimum atomic E-state index is -0.999. The number of carbonyl (C=O) groups excluding carboxylic acids is 2. The number of primary amides is 1. The van der Waals surface area contributed by atoms with Crippen LogP contribution < -0.4 is 11.1 Å². The average Bonchev–Trinajstić information content (AvgIpc) is 2.46. The lowest BCUT2D eigenvalue weighted by atomic mass is 10.0. The van der Waals surface area contributed by atoms with Crippen LogP contribution >= 0.6 is 0 Å². The average molecular weight is 318 g/mol. The van der Waals surface area contributed by atoms with Gasteiger partial charge in [-0.2, -0.15) is 0 Å². The molecule has 2 rings (SSSR count). The minimum absolute atomic E-state index is 0.186. The van der Waals surface area contributed by atoms with Crippen molar-refractivity contribution in [3.8, 4) is 0 Å². The van der Waals surface area contributed by atoms with Crippen LogP contribution in [-0.4, -0.2) is 17.9 Å². The van der Waals surface area contributed by atoms with Crippen molar-refractivity contribution in [2.75, 3.05) is 0 Å². The van der Waals surface area contributed by atoms with Gasteiger partial charge in [-0.05, 0) is 24.6 Å². The van der Waals surface area contributed by atoms with Gasteiger partial charge in [0.1, 0.15) is 17.7 Å². The SMILES string of the molecule is Cc1cccc(C[C@@H](NC(=O)c2ccc(F)cc2F)C(N)=O)c1. The molecule has 0 aromatic heterocycles. The van der Waals surface area contributed by atoms with Gasteiger partial charge >= 0.3 is 0 Å². The summed E-state index contributed by atoms with van der Waals surface area (Å²) in [5.74, 6) is -3.34. The molecule has 0 saturated heterocycles. The van der Waals surface area contributed by atoms with Crippen molar-refractivity contribution in [2.45, 2.75) is 19.4 Å². The van der Waals surface area contributed by atoms with Gasteiger partial charge in [0.2, 0.25) is 5.91 Å². The molecule has 23 heavy (non-hydrogen) atoms. The zero-order chi connectivity index (χ0) is 17.0. The second-order valence-electron chi connectivity index (χ2n) is 5.25. The summed E-state index contributed by atoms with van der Waals surface area (Å²) in [4.78, 5) is 23.6. The molecule has 0 unspecified atom stereocenters. The Balaban J connectivity index is 2.16. The minimum Gasteiger partial charge on any atom is -0.368 e. The third kappa shape index (κ3) is 4.35. The second kappa shape index (κ2) is 7.00. The molecule has 4 nitrogen and oxygen atoms in total. The number of carbonyl (C=O) groups is 2. The smallest absolute Gasteiger partial charge is 0.254 e. The number of nitrogens with two attached hydrogens (primary N) is 1. The van der Waals surface area contributed by atoms with E-state index in [0.29, 0.717) is 6.07 Å². The van der Waals surface area contributed by atoms with Crippen molar-refractivity contribution in [3.63, 3.8) is 0 Å². The molecule has 0 spiro atoms. The lowest BCUT2D eigenvalue weighted by Gasteiger charge is -2.16. The maximum absolute atomic E-state index is 13.6. The van der Waals surface area contributed by atoms with E-state index in [9.17, 15) is 18.4 Å². The highest BCUT2D eigenvalue weighted by Gasteiger charge is 2.21. The Labute approximate surface area is 132 Å². The molecule has 2 aromatic rings. The van der Waals surface area contributed by atoms with Crippen LogP contribution in [0.2, 0.25) is 0 Å². The van der Waals surface area contributed by atoms with Crippen molar-refractivity contribution in [3.05, 3.63) is 70.8 Å². The molecule has 2 aromatic carbocycles. The Kier molecular flexibility index (Phi) is 5.05. The zero-order valence-corrected chi connectivity index (χ0v) is 12.5. The van der Waals surface area contributed by atoms with Crippen LogP contribution in [0.15, 0.2) is 42.5 Å². The van der Waals surface area contributed by atoms with Crippen LogP contribution in [-0.2, 0) is 11.2 Å². The topological polar surface area (TPSA) is 72.2 Å². The molecular weight excluding hydrogens is 302 g/mol. The lowest BCUT2D eigenvalue weighted by molar-refractivity contribution is -0.119. The Morgan fingerprint density at radius 1 is 1.17 bits per heavy atom. The van der Waals surface area contributed by atoms with E-state index in [4.69, 9.17) is 5.73 Å². The van der Waals surface area contributed by atoms with E-state index >= 15 is 0 Å². The van der Waals surface area contributed by atoms with Crippen LogP contribution in [0.4, 0.5) is 8.78 Å². The Bertz CT molecular complexity index is 747. The normalized spacial score (nSPS) is 11.8. The summed E-state index contributed by atoms with van der Waals surface area (Å²) in [7, 11) is 0. The first-order chi connectivity index (χ1) is 10.9. The Morgan fingerprint density at radius 2 is 1.91 bits per heavy atom. The third-order valence-corrected chi connectivity index (χ3v) is 3.35. The first kappa shape index (κ1) is 16.6. The lowest BCUT2D eigenvalue weighted by Crippen LogP contribution is -2.46. The van der Waals surface area contributed by atoms with Crippen LogP contribution in [0.1, 0.15) is 21.5 Å². The second-order valence-corrected chi connectivity index (χ2v) is 5.25. The summed E-state index contributed by atoms with van der Waals surface area (Å²) in [6.07, 6.45) is 0.186. The van der Waals surface area contributed by atoms with Gasteiger partial charge in [-0.3, -0.25) is 9.59 Å². The number of nitrogens with one attached hydrogen (secondary N) is 1. The molecule has 6 heteroatoms. The van der Waals surface area contributed by atoms with Gasteiger partial charge in [0.15, 0.2) is 0 Å². The fourth-order valence-corrected chi connectivity index (χ4v) is 2.21. The molecule has 0 aliphatic rings. The van der Waals surface area contributed by atoms with Crippen LogP contribution in [0.25, 0.3) is 0 Å². The fourth-order valence-electron chi connectivity index (χ4n) is 2.21. The van der Waals surface area contributed by atoms with E-state index < -0.39 is 29.5 Å². The molecule has 0 radical (unpaired) electrons. The highest BCUT2D eigenvalue weighted by atomic mass is 19.1. The summed E-state index contributed by atoms with van der Waals surface area (Å²) >= 11 is 0. The predicted molar refractivity (Wildman–Crippen MR) is 81.7 cm³/mol. The first-order valence-electron chi connectivity index (χ1n) is 6.97. The largest absolute Gasteiger partial charge is 0.368 e. The van der Waals surface area contributed by atoms with Crippen molar-refractivity contribution < 1.29 is 18.4 Å². The molecule has 0 aliphatic heterocycles. The number of aryl methyl sites for hydroxylation is 1. The first-order valence-corrected chi connectivity index (χ1v) is 6.97. The van der Waals surface area contributed by atoms with E-state index in [-0.39, 0.29) is 12.0 Å². The van der Waals surface area contributed by atoms with E-state index in [1.807, 2.05) is 25.1 Å². The Morgan fingerprint density at radius 3 is 2.52 bits per heavy atom. The quantitative estimate of drug-likeness (QED) is 0.886. The molecule has 2 amide bonds. The van der Waals surface area contributed by atoms with Gasteiger partial charge < -0.3 is 11.1 Å². The highest BCUT2D eigenvalue weighted by Crippen LogP contribution is 2.11. The van der Waals surface area contributed by atoms with Crippen molar-refractivity contribution in [1.82, 2.24) is 5.32 Å². The maximum atomic E-state index is 13.6. The summed E-state index contributed by atoms with van der Waals surface area (Å²) in [5.41, 5.74) is 6.77. The zero-order valence-electron chi connectivity index (χ0n) is 12.5. The molecule has 0 heterocycles. The van der Waals surface area contributed by atoms with Gasteiger partial charge in [-0.15, -0.1) is 0 Å². The van der Waals surface area contributed by atoms with Crippen molar-refractivity contribution in [2.24, 2.45) is 5.73 Å². The molecule has 0 fully saturated rings. The molecule has 0 aliphatic carbocycles. The molecule has 1 atom stereocenters. The van der Waals surface area contributed by atoms with E-state index in [2.05, 4.69) is 5.32 Å². The predicted octanol–water partition coefficient (Wildman–Crippen LogP) is 2.10. The number of rotatable bonds is 5. The molecule has 3 N–H and O–H groups in total. The van der Waals surface area contributed by atoms with Crippen LogP contribution in [0, 0.1) is 18.6 Å². The van der Waals surface area contributed by atoms with Crippen LogP contribution in [0.3, 0.4) is 0 Å². The Hall–Kier alpha value is -2.76. The van der Waals surface area contributed by atoms with Gasteiger partial charge in [0, 0.05) is 12.5 Å². The molecule has 120 valence electrons. The number of hydrogen-bond acceptors (Lipinski definition) is 2.